The number of nitrogens with zero attached hydrogens (tertiary/aromatic N) is 2. The van der Waals surface area contributed by atoms with Gasteiger partial charge in [0.1, 0.15) is 5.60 Å². The zero-order valence-electron chi connectivity index (χ0n) is 12.6. The SMILES string of the molecule is COC(=O)C1(N(C)C=O)CCN(C(=O)OC(C)(C)C)C1. The highest BCUT2D eigenvalue weighted by atomic mass is 16.6. The third-order valence-corrected chi connectivity index (χ3v) is 3.30. The van der Waals surface area contributed by atoms with Crippen molar-refractivity contribution in [1.29, 1.82) is 0 Å². The first-order valence-electron chi connectivity index (χ1n) is 6.41. The van der Waals surface area contributed by atoms with E-state index in [1.807, 2.05) is 0 Å². The van der Waals surface area contributed by atoms with Crippen molar-refractivity contribution in [2.24, 2.45) is 0 Å². The number of rotatable bonds is 3. The number of esters is 1. The van der Waals surface area contributed by atoms with E-state index in [1.54, 1.807) is 20.8 Å². The molecule has 1 atom stereocenters. The summed E-state index contributed by atoms with van der Waals surface area (Å²) in [6, 6.07) is 0. The van der Waals surface area contributed by atoms with Crippen LogP contribution in [0.4, 0.5) is 4.79 Å². The lowest BCUT2D eigenvalue weighted by atomic mass is 9.97. The second kappa shape index (κ2) is 5.68. The molecular weight excluding hydrogens is 264 g/mol. The second-order valence-electron chi connectivity index (χ2n) is 5.89. The minimum absolute atomic E-state index is 0.0732. The van der Waals surface area contributed by atoms with E-state index in [-0.39, 0.29) is 6.54 Å². The highest BCUT2D eigenvalue weighted by Crippen LogP contribution is 2.29. The lowest BCUT2D eigenvalue weighted by Gasteiger charge is -2.33. The van der Waals surface area contributed by atoms with E-state index >= 15 is 0 Å². The van der Waals surface area contributed by atoms with Gasteiger partial charge in [0.25, 0.3) is 0 Å². The van der Waals surface area contributed by atoms with Crippen molar-refractivity contribution < 1.29 is 23.9 Å². The largest absolute Gasteiger partial charge is 0.467 e. The molecule has 1 aliphatic heterocycles. The van der Waals surface area contributed by atoms with Crippen molar-refractivity contribution in [3.8, 4) is 0 Å². The second-order valence-corrected chi connectivity index (χ2v) is 5.89. The van der Waals surface area contributed by atoms with Crippen molar-refractivity contribution in [1.82, 2.24) is 9.80 Å². The van der Waals surface area contributed by atoms with E-state index in [0.717, 1.165) is 0 Å². The van der Waals surface area contributed by atoms with Gasteiger partial charge in [0.2, 0.25) is 6.41 Å². The first kappa shape index (κ1) is 16.3. The van der Waals surface area contributed by atoms with Crippen molar-refractivity contribution in [2.45, 2.75) is 38.3 Å². The number of likely N-dealkylation sites (N-methyl/N-ethyl adjacent to an activating group) is 1. The lowest BCUT2D eigenvalue weighted by Crippen LogP contribution is -2.55. The van der Waals surface area contributed by atoms with E-state index in [1.165, 1.54) is 24.0 Å². The van der Waals surface area contributed by atoms with Crippen LogP contribution in [-0.4, -0.2) is 66.7 Å². The van der Waals surface area contributed by atoms with Crippen LogP contribution in [0.1, 0.15) is 27.2 Å². The van der Waals surface area contributed by atoms with E-state index in [4.69, 9.17) is 9.47 Å². The number of likely N-dealkylation sites (tertiary alicyclic amines) is 1. The number of carbonyl (C=O) groups excluding carboxylic acids is 3. The number of hydrogen-bond acceptors (Lipinski definition) is 5. The Morgan fingerprint density at radius 2 is 1.95 bits per heavy atom. The Morgan fingerprint density at radius 3 is 2.40 bits per heavy atom. The van der Waals surface area contributed by atoms with Gasteiger partial charge in [-0.2, -0.15) is 0 Å². The summed E-state index contributed by atoms with van der Waals surface area (Å²) in [5, 5.41) is 0. The maximum absolute atomic E-state index is 12.0. The first-order valence-corrected chi connectivity index (χ1v) is 6.41. The predicted octanol–water partition coefficient (Wildman–Crippen LogP) is 0.627. The minimum Gasteiger partial charge on any atom is -0.467 e. The summed E-state index contributed by atoms with van der Waals surface area (Å²) in [5.74, 6) is -0.529. The Labute approximate surface area is 118 Å². The Bertz CT molecular complexity index is 404. The van der Waals surface area contributed by atoms with Crippen LogP contribution in [-0.2, 0) is 19.1 Å². The normalized spacial score (nSPS) is 22.4. The molecule has 1 rings (SSSR count). The third kappa shape index (κ3) is 3.20. The van der Waals surface area contributed by atoms with Crippen LogP contribution in [0.2, 0.25) is 0 Å². The molecule has 1 unspecified atom stereocenters. The summed E-state index contributed by atoms with van der Waals surface area (Å²) >= 11 is 0. The van der Waals surface area contributed by atoms with Crippen LogP contribution in [0.15, 0.2) is 0 Å². The fourth-order valence-electron chi connectivity index (χ4n) is 2.17. The fraction of sp³-hybridized carbons (Fsp3) is 0.769. The molecular formula is C13H22N2O5. The topological polar surface area (TPSA) is 76.2 Å². The van der Waals surface area contributed by atoms with E-state index in [9.17, 15) is 14.4 Å². The number of ether oxygens (including phenoxy) is 2. The molecule has 1 aliphatic rings. The molecule has 114 valence electrons. The molecule has 7 nitrogen and oxygen atoms in total. The van der Waals surface area contributed by atoms with Gasteiger partial charge in [0.05, 0.1) is 13.7 Å². The van der Waals surface area contributed by atoms with Crippen LogP contribution in [0.25, 0.3) is 0 Å². The minimum atomic E-state index is -1.13. The van der Waals surface area contributed by atoms with E-state index in [0.29, 0.717) is 19.4 Å². The molecule has 0 N–H and O–H groups in total. The Hall–Kier alpha value is -1.79. The standard InChI is InChI=1S/C13H22N2O5/c1-12(2,3)20-11(18)15-7-6-13(8-15,10(17)19-5)14(4)9-16/h9H,6-8H2,1-5H3. The van der Waals surface area contributed by atoms with Gasteiger partial charge in [0.15, 0.2) is 5.54 Å². The molecule has 2 amide bonds. The lowest BCUT2D eigenvalue weighted by molar-refractivity contribution is -0.156. The van der Waals surface area contributed by atoms with Gasteiger partial charge in [-0.15, -0.1) is 0 Å². The van der Waals surface area contributed by atoms with Crippen LogP contribution >= 0.6 is 0 Å². The first-order chi connectivity index (χ1) is 9.16. The number of hydrogen-bond donors (Lipinski definition) is 0. The van der Waals surface area contributed by atoms with Gasteiger partial charge >= 0.3 is 12.1 Å². The van der Waals surface area contributed by atoms with Gasteiger partial charge < -0.3 is 19.3 Å². The molecule has 1 fully saturated rings. The average molecular weight is 286 g/mol. The fourth-order valence-corrected chi connectivity index (χ4v) is 2.17. The smallest absolute Gasteiger partial charge is 0.410 e. The van der Waals surface area contributed by atoms with Crippen molar-refractivity contribution in [3.05, 3.63) is 0 Å². The van der Waals surface area contributed by atoms with Gasteiger partial charge in [-0.3, -0.25) is 4.79 Å². The molecule has 0 aromatic heterocycles. The number of carbonyl (C=O) groups is 3. The average Bonchev–Trinajstić information content (AvgIpc) is 2.81. The maximum Gasteiger partial charge on any atom is 0.410 e. The summed E-state index contributed by atoms with van der Waals surface area (Å²) in [6.07, 6.45) is 0.395. The van der Waals surface area contributed by atoms with Gasteiger partial charge in [0, 0.05) is 20.0 Å². The Morgan fingerprint density at radius 1 is 1.35 bits per heavy atom. The molecule has 0 radical (unpaired) electrons. The van der Waals surface area contributed by atoms with Crippen LogP contribution in [0.5, 0.6) is 0 Å². The van der Waals surface area contributed by atoms with Crippen LogP contribution in [0, 0.1) is 0 Å². The number of amides is 2. The monoisotopic (exact) mass is 286 g/mol. The zero-order valence-corrected chi connectivity index (χ0v) is 12.6. The van der Waals surface area contributed by atoms with Gasteiger partial charge in [-0.1, -0.05) is 0 Å². The summed E-state index contributed by atoms with van der Waals surface area (Å²) < 4.78 is 10.0. The van der Waals surface area contributed by atoms with Crippen LogP contribution < -0.4 is 0 Å². The maximum atomic E-state index is 12.0. The summed E-state index contributed by atoms with van der Waals surface area (Å²) in [5.41, 5.74) is -1.74. The molecule has 0 aromatic carbocycles. The Kier molecular flexibility index (Phi) is 4.62. The number of methoxy groups -OCH3 is 1. The molecule has 0 aromatic rings. The summed E-state index contributed by atoms with van der Waals surface area (Å²) in [6.45, 7) is 5.72. The van der Waals surface area contributed by atoms with Crippen molar-refractivity contribution in [3.63, 3.8) is 0 Å². The molecule has 20 heavy (non-hydrogen) atoms. The molecule has 7 heteroatoms. The Balaban J connectivity index is 2.88. The third-order valence-electron chi connectivity index (χ3n) is 3.30. The molecule has 0 saturated carbocycles. The predicted molar refractivity (Wildman–Crippen MR) is 71.0 cm³/mol. The molecule has 1 saturated heterocycles. The molecule has 0 aliphatic carbocycles. The van der Waals surface area contributed by atoms with E-state index in [2.05, 4.69) is 0 Å². The summed E-state index contributed by atoms with van der Waals surface area (Å²) in [7, 11) is 2.77. The van der Waals surface area contributed by atoms with Gasteiger partial charge in [-0.05, 0) is 20.8 Å². The van der Waals surface area contributed by atoms with Crippen molar-refractivity contribution in [2.75, 3.05) is 27.2 Å². The van der Waals surface area contributed by atoms with Crippen molar-refractivity contribution >= 4 is 18.5 Å². The molecule has 1 heterocycles. The van der Waals surface area contributed by atoms with E-state index < -0.39 is 23.2 Å². The summed E-state index contributed by atoms with van der Waals surface area (Å²) in [4.78, 5) is 37.7. The van der Waals surface area contributed by atoms with Crippen LogP contribution in [0.3, 0.4) is 0 Å². The zero-order chi connectivity index (χ0) is 15.6. The molecule has 0 spiro atoms. The highest BCUT2D eigenvalue weighted by molar-refractivity contribution is 5.85. The quantitative estimate of drug-likeness (QED) is 0.562. The highest BCUT2D eigenvalue weighted by Gasteiger charge is 2.50. The van der Waals surface area contributed by atoms with Gasteiger partial charge in [-0.25, -0.2) is 9.59 Å². The molecule has 0 bridgehead atoms.